The molecule has 0 fully saturated rings. The Hall–Kier alpha value is -2.33. The summed E-state index contributed by atoms with van der Waals surface area (Å²) in [6.07, 6.45) is 0. The minimum absolute atomic E-state index is 0.0923. The van der Waals surface area contributed by atoms with Crippen molar-refractivity contribution in [2.45, 2.75) is 26.7 Å². The molecule has 0 heterocycles. The molecule has 2 amide bonds. The van der Waals surface area contributed by atoms with Gasteiger partial charge in [-0.3, -0.25) is 9.59 Å². The topological polar surface area (TPSA) is 49.4 Å². The van der Waals surface area contributed by atoms with E-state index in [1.807, 2.05) is 24.3 Å². The molecule has 0 atom stereocenters. The molecule has 1 N–H and O–H groups in total. The number of carbonyl (C=O) groups excluding carboxylic acids is 2. The minimum Gasteiger partial charge on any atom is -0.325 e. The number of hydrogen-bond donors (Lipinski definition) is 1. The van der Waals surface area contributed by atoms with Gasteiger partial charge in [-0.25, -0.2) is 0 Å². The van der Waals surface area contributed by atoms with Gasteiger partial charge in [0, 0.05) is 12.6 Å². The van der Waals surface area contributed by atoms with Gasteiger partial charge in [0.15, 0.2) is 0 Å². The van der Waals surface area contributed by atoms with Crippen molar-refractivity contribution in [2.24, 2.45) is 0 Å². The third-order valence-corrected chi connectivity index (χ3v) is 4.01. The molecule has 0 aliphatic rings. The predicted molar refractivity (Wildman–Crippen MR) is 98.6 cm³/mol. The Balaban J connectivity index is 2.09. The van der Waals surface area contributed by atoms with E-state index < -0.39 is 0 Å². The van der Waals surface area contributed by atoms with Crippen molar-refractivity contribution in [1.82, 2.24) is 0 Å². The van der Waals surface area contributed by atoms with Crippen molar-refractivity contribution >= 4 is 34.8 Å². The largest absolute Gasteiger partial charge is 0.325 e. The second-order valence-electron chi connectivity index (χ2n) is 5.88. The van der Waals surface area contributed by atoms with Crippen molar-refractivity contribution in [3.8, 4) is 0 Å². The summed E-state index contributed by atoms with van der Waals surface area (Å²) in [6.45, 7) is 5.54. The van der Waals surface area contributed by atoms with Crippen LogP contribution in [-0.4, -0.2) is 18.4 Å². The maximum Gasteiger partial charge on any atom is 0.244 e. The van der Waals surface area contributed by atoms with Gasteiger partial charge in [-0.15, -0.1) is 0 Å². The first-order valence-corrected chi connectivity index (χ1v) is 8.18. The van der Waals surface area contributed by atoms with Gasteiger partial charge in [0.05, 0.1) is 10.7 Å². The van der Waals surface area contributed by atoms with E-state index in [0.717, 1.165) is 0 Å². The fourth-order valence-corrected chi connectivity index (χ4v) is 2.57. The van der Waals surface area contributed by atoms with Crippen LogP contribution in [0.15, 0.2) is 48.5 Å². The monoisotopic (exact) mass is 344 g/mol. The average molecular weight is 345 g/mol. The summed E-state index contributed by atoms with van der Waals surface area (Å²) in [5, 5.41) is 3.24. The van der Waals surface area contributed by atoms with Gasteiger partial charge < -0.3 is 10.2 Å². The zero-order valence-corrected chi connectivity index (χ0v) is 14.8. The molecule has 5 heteroatoms. The second-order valence-corrected chi connectivity index (χ2v) is 6.29. The lowest BCUT2D eigenvalue weighted by molar-refractivity contribution is -0.120. The Kier molecular flexibility index (Phi) is 5.99. The first kappa shape index (κ1) is 18.0. The zero-order valence-electron chi connectivity index (χ0n) is 14.0. The lowest BCUT2D eigenvalue weighted by Crippen LogP contribution is -2.36. The Bertz CT molecular complexity index is 726. The van der Waals surface area contributed by atoms with Crippen LogP contribution in [-0.2, 0) is 9.59 Å². The van der Waals surface area contributed by atoms with E-state index >= 15 is 0 Å². The van der Waals surface area contributed by atoms with Crippen LogP contribution in [0, 0.1) is 0 Å². The Labute approximate surface area is 147 Å². The number of halogens is 1. The van der Waals surface area contributed by atoms with Crippen LogP contribution in [0.3, 0.4) is 0 Å². The summed E-state index contributed by atoms with van der Waals surface area (Å²) in [7, 11) is 0. The van der Waals surface area contributed by atoms with Crippen molar-refractivity contribution < 1.29 is 9.59 Å². The molecule has 4 nitrogen and oxygen atoms in total. The molecule has 2 aromatic rings. The first-order chi connectivity index (χ1) is 11.4. The number of para-hydroxylation sites is 1. The average Bonchev–Trinajstić information content (AvgIpc) is 2.53. The van der Waals surface area contributed by atoms with Crippen LogP contribution in [0.1, 0.15) is 32.3 Å². The fourth-order valence-electron chi connectivity index (χ4n) is 2.33. The molecule has 24 heavy (non-hydrogen) atoms. The van der Waals surface area contributed by atoms with Gasteiger partial charge in [-0.2, -0.15) is 0 Å². The Morgan fingerprint density at radius 2 is 1.71 bits per heavy atom. The van der Waals surface area contributed by atoms with E-state index in [2.05, 4.69) is 19.2 Å². The summed E-state index contributed by atoms with van der Waals surface area (Å²) in [6, 6.07) is 14.7. The van der Waals surface area contributed by atoms with Crippen LogP contribution < -0.4 is 10.2 Å². The number of hydrogen-bond acceptors (Lipinski definition) is 2. The predicted octanol–water partition coefficient (Wildman–Crippen LogP) is 4.46. The number of amides is 2. The van der Waals surface area contributed by atoms with Crippen LogP contribution in [0.25, 0.3) is 0 Å². The van der Waals surface area contributed by atoms with Crippen molar-refractivity contribution in [3.05, 3.63) is 59.1 Å². The van der Waals surface area contributed by atoms with E-state index in [1.54, 1.807) is 24.3 Å². The molecule has 0 unspecified atom stereocenters. The standard InChI is InChI=1S/C19H21ClN2O2/c1-13(2)15-8-10-16(11-9-15)21-19(24)12-22(14(3)23)18-7-5-4-6-17(18)20/h4-11,13H,12H2,1-3H3,(H,21,24). The molecule has 0 aliphatic carbocycles. The van der Waals surface area contributed by atoms with Crippen molar-refractivity contribution in [1.29, 1.82) is 0 Å². The van der Waals surface area contributed by atoms with E-state index in [0.29, 0.717) is 22.3 Å². The lowest BCUT2D eigenvalue weighted by Gasteiger charge is -2.21. The molecular weight excluding hydrogens is 324 g/mol. The van der Waals surface area contributed by atoms with Gasteiger partial charge in [0.25, 0.3) is 0 Å². The molecule has 0 spiro atoms. The lowest BCUT2D eigenvalue weighted by atomic mass is 10.0. The van der Waals surface area contributed by atoms with Crippen LogP contribution in [0.4, 0.5) is 11.4 Å². The molecule has 2 rings (SSSR count). The van der Waals surface area contributed by atoms with Crippen LogP contribution in [0.2, 0.25) is 5.02 Å². The SMILES string of the molecule is CC(=O)N(CC(=O)Nc1ccc(C(C)C)cc1)c1ccccc1Cl. The molecular formula is C19H21ClN2O2. The Morgan fingerprint density at radius 3 is 2.25 bits per heavy atom. The normalized spacial score (nSPS) is 10.5. The number of anilines is 2. The number of nitrogens with one attached hydrogen (secondary N) is 1. The second kappa shape index (κ2) is 7.97. The summed E-state index contributed by atoms with van der Waals surface area (Å²) >= 11 is 6.13. The number of rotatable bonds is 5. The summed E-state index contributed by atoms with van der Waals surface area (Å²) < 4.78 is 0. The van der Waals surface area contributed by atoms with Gasteiger partial charge in [0.1, 0.15) is 6.54 Å². The highest BCUT2D eigenvalue weighted by molar-refractivity contribution is 6.33. The molecule has 0 saturated heterocycles. The number of benzene rings is 2. The van der Waals surface area contributed by atoms with E-state index in [1.165, 1.54) is 17.4 Å². The highest BCUT2D eigenvalue weighted by Gasteiger charge is 2.18. The molecule has 0 aliphatic heterocycles. The number of carbonyl (C=O) groups is 2. The van der Waals surface area contributed by atoms with Gasteiger partial charge in [-0.1, -0.05) is 49.7 Å². The maximum absolute atomic E-state index is 12.3. The molecule has 0 radical (unpaired) electrons. The molecule has 0 aromatic heterocycles. The summed E-state index contributed by atoms with van der Waals surface area (Å²) in [4.78, 5) is 25.5. The molecule has 2 aromatic carbocycles. The fraction of sp³-hybridized carbons (Fsp3) is 0.263. The molecule has 126 valence electrons. The third kappa shape index (κ3) is 4.59. The smallest absolute Gasteiger partial charge is 0.244 e. The van der Waals surface area contributed by atoms with E-state index in [-0.39, 0.29) is 18.4 Å². The highest BCUT2D eigenvalue weighted by Crippen LogP contribution is 2.25. The van der Waals surface area contributed by atoms with Crippen molar-refractivity contribution in [3.63, 3.8) is 0 Å². The number of nitrogens with zero attached hydrogens (tertiary/aromatic N) is 1. The summed E-state index contributed by atoms with van der Waals surface area (Å²) in [5.41, 5.74) is 2.43. The highest BCUT2D eigenvalue weighted by atomic mass is 35.5. The third-order valence-electron chi connectivity index (χ3n) is 3.69. The molecule has 0 saturated carbocycles. The Morgan fingerprint density at radius 1 is 1.08 bits per heavy atom. The first-order valence-electron chi connectivity index (χ1n) is 7.81. The van der Waals surface area contributed by atoms with E-state index in [4.69, 9.17) is 11.6 Å². The minimum atomic E-state index is -0.276. The zero-order chi connectivity index (χ0) is 17.7. The van der Waals surface area contributed by atoms with Crippen LogP contribution in [0.5, 0.6) is 0 Å². The van der Waals surface area contributed by atoms with Crippen molar-refractivity contribution in [2.75, 3.05) is 16.8 Å². The van der Waals surface area contributed by atoms with E-state index in [9.17, 15) is 9.59 Å². The molecule has 0 bridgehead atoms. The quantitative estimate of drug-likeness (QED) is 0.870. The summed E-state index contributed by atoms with van der Waals surface area (Å²) in [5.74, 6) is -0.0843. The van der Waals surface area contributed by atoms with Gasteiger partial charge >= 0.3 is 0 Å². The maximum atomic E-state index is 12.3. The van der Waals surface area contributed by atoms with Gasteiger partial charge in [-0.05, 0) is 35.7 Å². The van der Waals surface area contributed by atoms with Crippen LogP contribution >= 0.6 is 11.6 Å². The van der Waals surface area contributed by atoms with Gasteiger partial charge in [0.2, 0.25) is 11.8 Å².